The van der Waals surface area contributed by atoms with Gasteiger partial charge in [-0.15, -0.1) is 0 Å². The van der Waals surface area contributed by atoms with Crippen LogP contribution in [0.2, 0.25) is 0 Å². The van der Waals surface area contributed by atoms with E-state index in [1.165, 1.54) is 38.2 Å². The third-order valence-electron chi connectivity index (χ3n) is 3.97. The van der Waals surface area contributed by atoms with E-state index in [2.05, 4.69) is 10.6 Å². The summed E-state index contributed by atoms with van der Waals surface area (Å²) in [7, 11) is -2.37. The maximum atomic E-state index is 12.5. The molecule has 0 saturated heterocycles. The average molecular weight is 353 g/mol. The largest absolute Gasteiger partial charge is 0.352 e. The van der Waals surface area contributed by atoms with Gasteiger partial charge in [-0.2, -0.15) is 4.31 Å². The zero-order valence-corrected chi connectivity index (χ0v) is 14.7. The molecule has 0 unspecified atom stereocenters. The lowest BCUT2D eigenvalue weighted by Gasteiger charge is -2.19. The van der Waals surface area contributed by atoms with Crippen LogP contribution in [0.1, 0.15) is 32.6 Å². The Balaban J connectivity index is 1.99. The molecule has 7 nitrogen and oxygen atoms in total. The third-order valence-corrected chi connectivity index (χ3v) is 5.79. The van der Waals surface area contributed by atoms with Crippen LogP contribution in [0, 0.1) is 0 Å². The zero-order valence-electron chi connectivity index (χ0n) is 13.9. The van der Waals surface area contributed by atoms with Crippen molar-refractivity contribution in [3.8, 4) is 0 Å². The van der Waals surface area contributed by atoms with Gasteiger partial charge in [-0.3, -0.25) is 9.59 Å². The van der Waals surface area contributed by atoms with Crippen LogP contribution in [-0.4, -0.2) is 44.2 Å². The van der Waals surface area contributed by atoms with E-state index in [4.69, 9.17) is 0 Å². The van der Waals surface area contributed by atoms with E-state index in [1.54, 1.807) is 0 Å². The van der Waals surface area contributed by atoms with Crippen molar-refractivity contribution in [3.05, 3.63) is 24.3 Å². The van der Waals surface area contributed by atoms with Crippen LogP contribution in [0.15, 0.2) is 29.2 Å². The van der Waals surface area contributed by atoms with Crippen molar-refractivity contribution >= 4 is 27.5 Å². The third kappa shape index (κ3) is 4.78. The van der Waals surface area contributed by atoms with Gasteiger partial charge in [0.15, 0.2) is 0 Å². The highest BCUT2D eigenvalue weighted by molar-refractivity contribution is 7.89. The normalized spacial score (nSPS) is 15.5. The van der Waals surface area contributed by atoms with Gasteiger partial charge in [-0.25, -0.2) is 8.42 Å². The van der Waals surface area contributed by atoms with Crippen LogP contribution >= 0.6 is 0 Å². The molecule has 1 saturated carbocycles. The Bertz CT molecular complexity index is 695. The molecule has 24 heavy (non-hydrogen) atoms. The van der Waals surface area contributed by atoms with E-state index in [0.717, 1.165) is 30.0 Å². The number of hydrogen-bond donors (Lipinski definition) is 2. The highest BCUT2D eigenvalue weighted by atomic mass is 32.2. The SMILES string of the molecule is CC(=O)Nc1ccc(S(=O)(=O)N(C)CC(=O)NC2CCCC2)cc1. The number of carbonyl (C=O) groups is 2. The molecule has 1 aliphatic rings. The Hall–Kier alpha value is -1.93. The number of hydrogen-bond acceptors (Lipinski definition) is 4. The second-order valence-electron chi connectivity index (χ2n) is 6.02. The van der Waals surface area contributed by atoms with Crippen molar-refractivity contribution in [2.45, 2.75) is 43.5 Å². The molecule has 2 rings (SSSR count). The first-order valence-corrected chi connectivity index (χ1v) is 9.36. The molecule has 0 bridgehead atoms. The molecule has 1 fully saturated rings. The fourth-order valence-corrected chi connectivity index (χ4v) is 3.85. The Morgan fingerprint density at radius 1 is 1.17 bits per heavy atom. The zero-order chi connectivity index (χ0) is 17.7. The van der Waals surface area contributed by atoms with Crippen molar-refractivity contribution in [2.24, 2.45) is 0 Å². The number of anilines is 1. The smallest absolute Gasteiger partial charge is 0.243 e. The summed E-state index contributed by atoms with van der Waals surface area (Å²) in [6.45, 7) is 1.16. The van der Waals surface area contributed by atoms with E-state index in [1.807, 2.05) is 0 Å². The van der Waals surface area contributed by atoms with Gasteiger partial charge in [-0.05, 0) is 37.1 Å². The van der Waals surface area contributed by atoms with Crippen molar-refractivity contribution in [3.63, 3.8) is 0 Å². The van der Waals surface area contributed by atoms with Crippen LogP contribution in [-0.2, 0) is 19.6 Å². The summed E-state index contributed by atoms with van der Waals surface area (Å²) in [6, 6.07) is 6.00. The van der Waals surface area contributed by atoms with Gasteiger partial charge < -0.3 is 10.6 Å². The fraction of sp³-hybridized carbons (Fsp3) is 0.500. The lowest BCUT2D eigenvalue weighted by molar-refractivity contribution is -0.121. The Morgan fingerprint density at radius 3 is 2.29 bits per heavy atom. The Morgan fingerprint density at radius 2 is 1.75 bits per heavy atom. The molecular formula is C16H23N3O4S. The molecule has 1 aromatic carbocycles. The summed E-state index contributed by atoms with van der Waals surface area (Å²) >= 11 is 0. The second kappa shape index (κ2) is 7.76. The molecular weight excluding hydrogens is 330 g/mol. The highest BCUT2D eigenvalue weighted by Crippen LogP contribution is 2.19. The quantitative estimate of drug-likeness (QED) is 0.806. The molecule has 0 spiro atoms. The summed E-state index contributed by atoms with van der Waals surface area (Å²) in [6.07, 6.45) is 4.10. The van der Waals surface area contributed by atoms with Crippen LogP contribution in [0.25, 0.3) is 0 Å². The molecule has 8 heteroatoms. The van der Waals surface area contributed by atoms with Crippen LogP contribution in [0.3, 0.4) is 0 Å². The first-order valence-electron chi connectivity index (χ1n) is 7.92. The molecule has 132 valence electrons. The van der Waals surface area contributed by atoms with Crippen molar-refractivity contribution < 1.29 is 18.0 Å². The summed E-state index contributed by atoms with van der Waals surface area (Å²) in [5.41, 5.74) is 0.517. The lowest BCUT2D eigenvalue weighted by atomic mass is 10.2. The van der Waals surface area contributed by atoms with Crippen LogP contribution < -0.4 is 10.6 Å². The predicted octanol–water partition coefficient (Wildman–Crippen LogP) is 1.32. The molecule has 0 heterocycles. The van der Waals surface area contributed by atoms with E-state index in [0.29, 0.717) is 5.69 Å². The van der Waals surface area contributed by atoms with Gasteiger partial charge in [0.25, 0.3) is 0 Å². The lowest BCUT2D eigenvalue weighted by Crippen LogP contribution is -2.41. The molecule has 2 N–H and O–H groups in total. The van der Waals surface area contributed by atoms with Gasteiger partial charge in [0.05, 0.1) is 11.4 Å². The first-order chi connectivity index (χ1) is 11.3. The molecule has 0 aromatic heterocycles. The minimum atomic E-state index is -3.75. The maximum Gasteiger partial charge on any atom is 0.243 e. The number of sulfonamides is 1. The minimum absolute atomic E-state index is 0.0766. The fourth-order valence-electron chi connectivity index (χ4n) is 2.72. The summed E-state index contributed by atoms with van der Waals surface area (Å²) < 4.78 is 26.0. The average Bonchev–Trinajstić information content (AvgIpc) is 2.99. The van der Waals surface area contributed by atoms with Gasteiger partial charge in [-0.1, -0.05) is 12.8 Å². The standard InChI is InChI=1S/C16H23N3O4S/c1-12(20)17-14-7-9-15(10-8-14)24(22,23)19(2)11-16(21)18-13-5-3-4-6-13/h7-10,13H,3-6,11H2,1-2H3,(H,17,20)(H,18,21). The van der Waals surface area contributed by atoms with Crippen molar-refractivity contribution in [2.75, 3.05) is 18.9 Å². The van der Waals surface area contributed by atoms with Crippen molar-refractivity contribution in [1.29, 1.82) is 0 Å². The molecule has 2 amide bonds. The van der Waals surface area contributed by atoms with E-state index < -0.39 is 10.0 Å². The van der Waals surface area contributed by atoms with Crippen LogP contribution in [0.4, 0.5) is 5.69 Å². The Kier molecular flexibility index (Phi) is 5.95. The molecule has 1 aromatic rings. The van der Waals surface area contributed by atoms with Gasteiger partial charge in [0.2, 0.25) is 21.8 Å². The molecule has 1 aliphatic carbocycles. The van der Waals surface area contributed by atoms with E-state index in [-0.39, 0.29) is 29.3 Å². The first kappa shape index (κ1) is 18.4. The Labute approximate surface area is 142 Å². The molecule has 0 atom stereocenters. The number of amides is 2. The van der Waals surface area contributed by atoms with E-state index >= 15 is 0 Å². The highest BCUT2D eigenvalue weighted by Gasteiger charge is 2.24. The second-order valence-corrected chi connectivity index (χ2v) is 8.06. The van der Waals surface area contributed by atoms with Gasteiger partial charge in [0.1, 0.15) is 0 Å². The summed E-state index contributed by atoms with van der Waals surface area (Å²) in [5.74, 6) is -0.519. The predicted molar refractivity (Wildman–Crippen MR) is 91.0 cm³/mol. The number of nitrogens with one attached hydrogen (secondary N) is 2. The monoisotopic (exact) mass is 353 g/mol. The number of rotatable bonds is 6. The summed E-state index contributed by atoms with van der Waals surface area (Å²) in [5, 5.41) is 5.45. The van der Waals surface area contributed by atoms with Crippen LogP contribution in [0.5, 0.6) is 0 Å². The summed E-state index contributed by atoms with van der Waals surface area (Å²) in [4.78, 5) is 23.1. The van der Waals surface area contributed by atoms with E-state index in [9.17, 15) is 18.0 Å². The maximum absolute atomic E-state index is 12.5. The minimum Gasteiger partial charge on any atom is -0.352 e. The number of benzene rings is 1. The topological polar surface area (TPSA) is 95.6 Å². The van der Waals surface area contributed by atoms with Crippen molar-refractivity contribution in [1.82, 2.24) is 9.62 Å². The molecule has 0 radical (unpaired) electrons. The number of likely N-dealkylation sites (N-methyl/N-ethyl adjacent to an activating group) is 1. The van der Waals surface area contributed by atoms with Gasteiger partial charge >= 0.3 is 0 Å². The van der Waals surface area contributed by atoms with Gasteiger partial charge in [0, 0.05) is 25.7 Å². The number of nitrogens with zero attached hydrogens (tertiary/aromatic N) is 1. The number of carbonyl (C=O) groups excluding carboxylic acids is 2. The molecule has 0 aliphatic heterocycles.